The molecule has 1 unspecified atom stereocenters. The van der Waals surface area contributed by atoms with Crippen LogP contribution < -0.4 is 10.2 Å². The van der Waals surface area contributed by atoms with Crippen LogP contribution in [-0.2, 0) is 11.3 Å². The highest BCUT2D eigenvalue weighted by atomic mass is 32.1. The number of rotatable bonds is 5. The summed E-state index contributed by atoms with van der Waals surface area (Å²) in [6.07, 6.45) is 0. The largest absolute Gasteiger partial charge is 0.325 e. The second-order valence-electron chi connectivity index (χ2n) is 4.66. The maximum absolute atomic E-state index is 13.4. The van der Waals surface area contributed by atoms with Crippen molar-refractivity contribution in [1.29, 1.82) is 0 Å². The van der Waals surface area contributed by atoms with Crippen LogP contribution in [-0.4, -0.2) is 19.5 Å². The number of hydrogen-bond donors (Lipinski definition) is 2. The third-order valence-electron chi connectivity index (χ3n) is 2.83. The van der Waals surface area contributed by atoms with E-state index in [1.165, 1.54) is 0 Å². The Morgan fingerprint density at radius 2 is 2.00 bits per heavy atom. The normalized spacial score (nSPS) is 12.2. The molecule has 0 fully saturated rings. The molecule has 1 aromatic heterocycles. The molecule has 1 atom stereocenters. The molecule has 112 valence electrons. The molecule has 0 bridgehead atoms. The summed E-state index contributed by atoms with van der Waals surface area (Å²) in [6, 6.07) is 5.65. The number of carbonyl (C=O) groups is 1. The molecule has 0 aliphatic rings. The van der Waals surface area contributed by atoms with E-state index in [2.05, 4.69) is 5.32 Å². The molecule has 0 aliphatic carbocycles. The minimum atomic E-state index is -1.59. The Morgan fingerprint density at radius 3 is 2.67 bits per heavy atom. The predicted octanol–water partition coefficient (Wildman–Crippen LogP) is 1.82. The molecular formula is C14H14F3N2OS+. The van der Waals surface area contributed by atoms with Crippen molar-refractivity contribution >= 4 is 22.9 Å². The molecule has 2 aromatic rings. The van der Waals surface area contributed by atoms with Crippen molar-refractivity contribution in [2.75, 3.05) is 18.9 Å². The summed E-state index contributed by atoms with van der Waals surface area (Å²) in [7, 11) is 1.82. The van der Waals surface area contributed by atoms with Gasteiger partial charge in [0.1, 0.15) is 6.54 Å². The van der Waals surface area contributed by atoms with Gasteiger partial charge in [0.05, 0.1) is 17.6 Å². The van der Waals surface area contributed by atoms with Crippen molar-refractivity contribution in [2.24, 2.45) is 0 Å². The molecule has 0 aliphatic heterocycles. The molecular weight excluding hydrogens is 301 g/mol. The lowest BCUT2D eigenvalue weighted by Gasteiger charge is -2.13. The average Bonchev–Trinajstić information content (AvgIpc) is 2.92. The van der Waals surface area contributed by atoms with Gasteiger partial charge in [-0.2, -0.15) is 0 Å². The molecule has 7 heteroatoms. The van der Waals surface area contributed by atoms with Gasteiger partial charge in [0.2, 0.25) is 0 Å². The Bertz CT molecular complexity index is 631. The van der Waals surface area contributed by atoms with Crippen LogP contribution in [0.4, 0.5) is 18.9 Å². The van der Waals surface area contributed by atoms with Crippen LogP contribution in [0, 0.1) is 17.5 Å². The van der Waals surface area contributed by atoms with Gasteiger partial charge < -0.3 is 10.2 Å². The topological polar surface area (TPSA) is 33.5 Å². The van der Waals surface area contributed by atoms with Crippen LogP contribution in [0.15, 0.2) is 29.6 Å². The Morgan fingerprint density at radius 1 is 1.24 bits per heavy atom. The Kier molecular flexibility index (Phi) is 4.98. The summed E-state index contributed by atoms with van der Waals surface area (Å²) < 4.78 is 39.3. The lowest BCUT2D eigenvalue weighted by atomic mass is 10.2. The Balaban J connectivity index is 1.94. The highest BCUT2D eigenvalue weighted by molar-refractivity contribution is 7.09. The third kappa shape index (κ3) is 4.05. The first-order valence-corrected chi connectivity index (χ1v) is 7.12. The first-order valence-electron chi connectivity index (χ1n) is 6.24. The number of hydrogen-bond acceptors (Lipinski definition) is 2. The van der Waals surface area contributed by atoms with Crippen LogP contribution in [0.1, 0.15) is 4.88 Å². The number of likely N-dealkylation sites (N-methyl/N-ethyl adjacent to an activating group) is 1. The van der Waals surface area contributed by atoms with Crippen LogP contribution in [0.25, 0.3) is 0 Å². The molecule has 2 rings (SSSR count). The molecule has 1 amide bonds. The third-order valence-corrected chi connectivity index (χ3v) is 3.70. The summed E-state index contributed by atoms with van der Waals surface area (Å²) >= 11 is 1.58. The van der Waals surface area contributed by atoms with Crippen molar-refractivity contribution in [3.63, 3.8) is 0 Å². The van der Waals surface area contributed by atoms with E-state index in [9.17, 15) is 18.0 Å². The van der Waals surface area contributed by atoms with E-state index in [0.29, 0.717) is 6.54 Å². The fourth-order valence-electron chi connectivity index (χ4n) is 1.86. The number of benzene rings is 1. The van der Waals surface area contributed by atoms with E-state index < -0.39 is 23.4 Å². The van der Waals surface area contributed by atoms with Crippen molar-refractivity contribution in [1.82, 2.24) is 0 Å². The minimum absolute atomic E-state index is 0.0936. The summed E-state index contributed by atoms with van der Waals surface area (Å²) in [5.41, 5.74) is -0.358. The second-order valence-corrected chi connectivity index (χ2v) is 5.69. The first-order chi connectivity index (χ1) is 9.97. The lowest BCUT2D eigenvalue weighted by Crippen LogP contribution is -3.08. The number of carbonyl (C=O) groups excluding carboxylic acids is 1. The van der Waals surface area contributed by atoms with E-state index >= 15 is 0 Å². The fourth-order valence-corrected chi connectivity index (χ4v) is 2.68. The summed E-state index contributed by atoms with van der Waals surface area (Å²) in [5.74, 6) is -4.73. The summed E-state index contributed by atoms with van der Waals surface area (Å²) in [5, 5.41) is 4.19. The summed E-state index contributed by atoms with van der Waals surface area (Å²) in [6.45, 7) is 0.752. The molecule has 21 heavy (non-hydrogen) atoms. The van der Waals surface area contributed by atoms with Crippen LogP contribution in [0.2, 0.25) is 0 Å². The number of quaternary nitrogens is 1. The molecule has 3 nitrogen and oxygen atoms in total. The lowest BCUT2D eigenvalue weighted by molar-refractivity contribution is -0.884. The van der Waals surface area contributed by atoms with Gasteiger partial charge in [0.15, 0.2) is 24.0 Å². The van der Waals surface area contributed by atoms with Gasteiger partial charge in [-0.05, 0) is 23.6 Å². The van der Waals surface area contributed by atoms with Crippen LogP contribution in [0.5, 0.6) is 0 Å². The highest BCUT2D eigenvalue weighted by Crippen LogP contribution is 2.19. The van der Waals surface area contributed by atoms with E-state index in [4.69, 9.17) is 0 Å². The molecule has 0 saturated heterocycles. The SMILES string of the molecule is C[NH+](CC(=O)Nc1ccc(F)c(F)c1F)Cc1cccs1. The Hall–Kier alpha value is -1.86. The van der Waals surface area contributed by atoms with E-state index in [1.54, 1.807) is 11.3 Å². The molecule has 1 heterocycles. The smallest absolute Gasteiger partial charge is 0.279 e. The van der Waals surface area contributed by atoms with Gasteiger partial charge >= 0.3 is 0 Å². The molecule has 0 saturated carbocycles. The van der Waals surface area contributed by atoms with Gasteiger partial charge in [-0.1, -0.05) is 6.07 Å². The van der Waals surface area contributed by atoms with E-state index in [0.717, 1.165) is 21.9 Å². The van der Waals surface area contributed by atoms with Crippen LogP contribution in [0.3, 0.4) is 0 Å². The molecule has 0 spiro atoms. The molecule has 1 aromatic carbocycles. The van der Waals surface area contributed by atoms with Gasteiger partial charge in [-0.25, -0.2) is 13.2 Å². The zero-order valence-corrected chi connectivity index (χ0v) is 12.1. The quantitative estimate of drug-likeness (QED) is 0.811. The second kappa shape index (κ2) is 6.73. The average molecular weight is 315 g/mol. The standard InChI is InChI=1S/C14H13F3N2OS/c1-19(7-9-3-2-6-21-9)8-12(20)18-11-5-4-10(15)13(16)14(11)17/h2-6H,7-8H2,1H3,(H,18,20)/p+1. The minimum Gasteiger partial charge on any atom is -0.325 e. The predicted molar refractivity (Wildman–Crippen MR) is 74.7 cm³/mol. The van der Waals surface area contributed by atoms with E-state index in [1.807, 2.05) is 24.6 Å². The Labute approximate surface area is 124 Å². The zero-order chi connectivity index (χ0) is 15.4. The van der Waals surface area contributed by atoms with Crippen molar-refractivity contribution in [3.05, 3.63) is 52.0 Å². The van der Waals surface area contributed by atoms with Crippen molar-refractivity contribution in [2.45, 2.75) is 6.54 Å². The fraction of sp³-hybridized carbons (Fsp3) is 0.214. The number of nitrogens with one attached hydrogen (secondary N) is 2. The van der Waals surface area contributed by atoms with Gasteiger partial charge in [0, 0.05) is 0 Å². The number of amides is 1. The zero-order valence-electron chi connectivity index (χ0n) is 11.3. The van der Waals surface area contributed by atoms with Gasteiger partial charge in [-0.3, -0.25) is 4.79 Å². The highest BCUT2D eigenvalue weighted by Gasteiger charge is 2.17. The molecule has 0 radical (unpaired) electrons. The molecule has 2 N–H and O–H groups in total. The number of halogens is 3. The van der Waals surface area contributed by atoms with Gasteiger partial charge in [0.25, 0.3) is 5.91 Å². The van der Waals surface area contributed by atoms with Crippen molar-refractivity contribution < 1.29 is 22.9 Å². The van der Waals surface area contributed by atoms with Crippen LogP contribution >= 0.6 is 11.3 Å². The van der Waals surface area contributed by atoms with E-state index in [-0.39, 0.29) is 12.2 Å². The van der Waals surface area contributed by atoms with Gasteiger partial charge in [-0.15, -0.1) is 11.3 Å². The monoisotopic (exact) mass is 315 g/mol. The summed E-state index contributed by atoms with van der Waals surface area (Å²) in [4.78, 5) is 13.8. The number of anilines is 1. The first kappa shape index (κ1) is 15.5. The number of thiophene rings is 1. The maximum atomic E-state index is 13.4. The maximum Gasteiger partial charge on any atom is 0.279 e. The van der Waals surface area contributed by atoms with Crippen molar-refractivity contribution in [3.8, 4) is 0 Å².